The van der Waals surface area contributed by atoms with Crippen molar-refractivity contribution in [3.8, 4) is 0 Å². The number of imidazole rings is 1. The van der Waals surface area contributed by atoms with Gasteiger partial charge >= 0.3 is 5.82 Å². The summed E-state index contributed by atoms with van der Waals surface area (Å²) in [5.74, 6) is -1.62. The summed E-state index contributed by atoms with van der Waals surface area (Å²) in [5.41, 5.74) is 0. The molecule has 0 aliphatic rings. The summed E-state index contributed by atoms with van der Waals surface area (Å²) in [4.78, 5) is 13.2. The van der Waals surface area contributed by atoms with E-state index in [2.05, 4.69) is 4.98 Å². The lowest BCUT2D eigenvalue weighted by atomic mass is 10.7. The molecule has 102 valence electrons. The van der Waals surface area contributed by atoms with Crippen molar-refractivity contribution in [3.63, 3.8) is 0 Å². The van der Waals surface area contributed by atoms with E-state index in [1.807, 2.05) is 0 Å². The fourth-order valence-electron chi connectivity index (χ4n) is 1.41. The molecule has 1 aromatic heterocycles. The van der Waals surface area contributed by atoms with E-state index in [1.165, 1.54) is 7.05 Å². The van der Waals surface area contributed by atoms with Gasteiger partial charge in [0.1, 0.15) is 5.75 Å². The van der Waals surface area contributed by atoms with Crippen molar-refractivity contribution in [2.24, 2.45) is 7.05 Å². The van der Waals surface area contributed by atoms with Crippen LogP contribution in [-0.2, 0) is 32.5 Å². The first kappa shape index (κ1) is 14.6. The molecule has 0 aliphatic carbocycles. The minimum Gasteiger partial charge on any atom is -0.358 e. The van der Waals surface area contributed by atoms with Crippen LogP contribution in [0, 0.1) is 10.1 Å². The zero-order valence-electron chi connectivity index (χ0n) is 9.81. The van der Waals surface area contributed by atoms with Crippen LogP contribution < -0.4 is 0 Å². The van der Waals surface area contributed by atoms with E-state index in [1.54, 1.807) is 0 Å². The Morgan fingerprint density at radius 2 is 1.78 bits per heavy atom. The molecule has 1 aromatic rings. The number of aromatic nitrogens is 2. The number of rotatable bonds is 4. The van der Waals surface area contributed by atoms with Gasteiger partial charge < -0.3 is 10.1 Å². The molecule has 0 N–H and O–H groups in total. The molecule has 0 spiro atoms. The molecule has 0 bridgehead atoms. The molecular formula is C7H11N3O6S2. The summed E-state index contributed by atoms with van der Waals surface area (Å²) < 4.78 is 46.0. The largest absolute Gasteiger partial charge is 0.401 e. The van der Waals surface area contributed by atoms with Crippen LogP contribution in [0.2, 0.25) is 0 Å². The quantitative estimate of drug-likeness (QED) is 0.529. The lowest BCUT2D eigenvalue weighted by Gasteiger charge is -2.00. The Morgan fingerprint density at radius 1 is 1.28 bits per heavy atom. The SMILES string of the molecule is Cn1c(CS(C)(=O)=O)nc([N+](=O)[O-])c1S(C)(=O)=O. The van der Waals surface area contributed by atoms with Gasteiger partial charge in [0.25, 0.3) is 0 Å². The Kier molecular flexibility index (Phi) is 3.49. The lowest BCUT2D eigenvalue weighted by molar-refractivity contribution is -0.392. The van der Waals surface area contributed by atoms with Crippen molar-refractivity contribution in [1.29, 1.82) is 0 Å². The predicted molar refractivity (Wildman–Crippen MR) is 61.5 cm³/mol. The molecule has 11 heteroatoms. The van der Waals surface area contributed by atoms with Crippen LogP contribution in [0.5, 0.6) is 0 Å². The first-order valence-electron chi connectivity index (χ1n) is 4.51. The summed E-state index contributed by atoms with van der Waals surface area (Å²) in [6.45, 7) is 0. The fraction of sp³-hybridized carbons (Fsp3) is 0.571. The van der Waals surface area contributed by atoms with Crippen molar-refractivity contribution < 1.29 is 21.8 Å². The van der Waals surface area contributed by atoms with Gasteiger partial charge in [-0.05, 0) is 9.91 Å². The number of sulfone groups is 2. The van der Waals surface area contributed by atoms with Gasteiger partial charge in [-0.15, -0.1) is 0 Å². The third-order valence-electron chi connectivity index (χ3n) is 2.03. The van der Waals surface area contributed by atoms with Gasteiger partial charge in [-0.1, -0.05) is 0 Å². The Hall–Kier alpha value is -1.49. The smallest absolute Gasteiger partial charge is 0.358 e. The maximum absolute atomic E-state index is 11.4. The number of hydrogen-bond donors (Lipinski definition) is 0. The fourth-order valence-corrected chi connectivity index (χ4v) is 3.19. The highest BCUT2D eigenvalue weighted by Gasteiger charge is 2.33. The first-order chi connectivity index (χ1) is 7.93. The van der Waals surface area contributed by atoms with E-state index in [4.69, 9.17) is 0 Å². The maximum Gasteiger partial charge on any atom is 0.401 e. The third kappa shape index (κ3) is 3.04. The maximum atomic E-state index is 11.4. The van der Waals surface area contributed by atoms with Crippen molar-refractivity contribution >= 4 is 25.5 Å². The molecule has 0 amide bonds. The van der Waals surface area contributed by atoms with E-state index in [-0.39, 0.29) is 5.82 Å². The summed E-state index contributed by atoms with van der Waals surface area (Å²) in [6.07, 6.45) is 1.72. The van der Waals surface area contributed by atoms with E-state index < -0.39 is 41.2 Å². The zero-order chi connectivity index (χ0) is 14.3. The Balaban J connectivity index is 3.58. The topological polar surface area (TPSA) is 129 Å². The standard InChI is InChI=1S/C7H11N3O6S2/c1-9-5(4-17(2,13)14)8-6(10(11)12)7(9)18(3,15)16/h4H2,1-3H3. The summed E-state index contributed by atoms with van der Waals surface area (Å²) in [5, 5.41) is 10.1. The number of nitro groups is 1. The van der Waals surface area contributed by atoms with E-state index in [0.29, 0.717) is 0 Å². The normalized spacial score (nSPS) is 12.6. The van der Waals surface area contributed by atoms with Gasteiger partial charge in [-0.25, -0.2) is 16.8 Å². The molecule has 1 rings (SSSR count). The Bertz CT molecular complexity index is 700. The average molecular weight is 297 g/mol. The highest BCUT2D eigenvalue weighted by molar-refractivity contribution is 7.90. The summed E-state index contributed by atoms with van der Waals surface area (Å²) in [6, 6.07) is 0. The molecule has 0 radical (unpaired) electrons. The van der Waals surface area contributed by atoms with Gasteiger partial charge in [0.2, 0.25) is 10.9 Å². The minimum absolute atomic E-state index is 0.190. The number of hydrogen-bond acceptors (Lipinski definition) is 7. The molecule has 0 aliphatic heterocycles. The van der Waals surface area contributed by atoms with E-state index in [9.17, 15) is 26.9 Å². The third-order valence-corrected chi connectivity index (χ3v) is 3.97. The molecule has 0 saturated carbocycles. The number of nitrogens with zero attached hydrogens (tertiary/aromatic N) is 3. The molecule has 18 heavy (non-hydrogen) atoms. The predicted octanol–water partition coefficient (Wildman–Crippen LogP) is -0.724. The molecule has 1 heterocycles. The van der Waals surface area contributed by atoms with Gasteiger partial charge in [0.15, 0.2) is 19.7 Å². The summed E-state index contributed by atoms with van der Waals surface area (Å²) in [7, 11) is -6.14. The second-order valence-electron chi connectivity index (χ2n) is 3.82. The molecule has 0 atom stereocenters. The first-order valence-corrected chi connectivity index (χ1v) is 8.46. The van der Waals surface area contributed by atoms with Crippen LogP contribution in [0.3, 0.4) is 0 Å². The highest BCUT2D eigenvalue weighted by Crippen LogP contribution is 2.24. The molecule has 0 saturated heterocycles. The molecule has 0 unspecified atom stereocenters. The van der Waals surface area contributed by atoms with Crippen molar-refractivity contribution in [3.05, 3.63) is 15.9 Å². The van der Waals surface area contributed by atoms with Gasteiger partial charge in [0.05, 0.1) is 0 Å². The van der Waals surface area contributed by atoms with Gasteiger partial charge in [-0.2, -0.15) is 0 Å². The van der Waals surface area contributed by atoms with E-state index in [0.717, 1.165) is 17.1 Å². The van der Waals surface area contributed by atoms with Crippen LogP contribution in [0.15, 0.2) is 5.03 Å². The van der Waals surface area contributed by atoms with Crippen LogP contribution in [0.4, 0.5) is 5.82 Å². The van der Waals surface area contributed by atoms with Crippen molar-refractivity contribution in [2.75, 3.05) is 12.5 Å². The minimum atomic E-state index is -3.88. The molecular weight excluding hydrogens is 286 g/mol. The van der Waals surface area contributed by atoms with Crippen LogP contribution in [0.25, 0.3) is 0 Å². The van der Waals surface area contributed by atoms with E-state index >= 15 is 0 Å². The zero-order valence-corrected chi connectivity index (χ0v) is 11.4. The average Bonchev–Trinajstić information content (AvgIpc) is 2.40. The van der Waals surface area contributed by atoms with Crippen LogP contribution in [-0.4, -0.2) is 43.8 Å². The lowest BCUT2D eigenvalue weighted by Crippen LogP contribution is -2.11. The Labute approximate surface area is 103 Å². The Morgan fingerprint density at radius 3 is 2.06 bits per heavy atom. The second-order valence-corrected chi connectivity index (χ2v) is 7.89. The second kappa shape index (κ2) is 4.31. The molecule has 0 fully saturated rings. The molecule has 9 nitrogen and oxygen atoms in total. The van der Waals surface area contributed by atoms with Crippen LogP contribution in [0.1, 0.15) is 5.82 Å². The van der Waals surface area contributed by atoms with Crippen molar-refractivity contribution in [2.45, 2.75) is 10.8 Å². The highest BCUT2D eigenvalue weighted by atomic mass is 32.2. The van der Waals surface area contributed by atoms with Crippen LogP contribution >= 0.6 is 0 Å². The van der Waals surface area contributed by atoms with Crippen molar-refractivity contribution in [1.82, 2.24) is 9.55 Å². The van der Waals surface area contributed by atoms with Gasteiger partial charge in [-0.3, -0.25) is 4.57 Å². The monoisotopic (exact) mass is 297 g/mol. The van der Waals surface area contributed by atoms with Gasteiger partial charge in [0, 0.05) is 19.6 Å². The summed E-state index contributed by atoms with van der Waals surface area (Å²) >= 11 is 0. The molecule has 0 aromatic carbocycles.